The highest BCUT2D eigenvalue weighted by molar-refractivity contribution is 5.79. The Morgan fingerprint density at radius 1 is 1.50 bits per heavy atom. The minimum absolute atomic E-state index is 0.0680. The first kappa shape index (κ1) is 12.8. The summed E-state index contributed by atoms with van der Waals surface area (Å²) in [6, 6.07) is 3.97. The summed E-state index contributed by atoms with van der Waals surface area (Å²) in [7, 11) is 0. The molecule has 0 spiro atoms. The van der Waals surface area contributed by atoms with E-state index < -0.39 is 0 Å². The third-order valence-corrected chi connectivity index (χ3v) is 3.26. The van der Waals surface area contributed by atoms with Crippen molar-refractivity contribution in [3.8, 4) is 0 Å². The summed E-state index contributed by atoms with van der Waals surface area (Å²) < 4.78 is 0. The third-order valence-electron chi connectivity index (χ3n) is 3.26. The largest absolute Gasteiger partial charge is 0.371 e. The number of rotatable bonds is 4. The van der Waals surface area contributed by atoms with E-state index >= 15 is 0 Å². The highest BCUT2D eigenvalue weighted by Crippen LogP contribution is 2.22. The van der Waals surface area contributed by atoms with Crippen LogP contribution in [-0.4, -0.2) is 37.1 Å². The number of pyridine rings is 1. The summed E-state index contributed by atoms with van der Waals surface area (Å²) in [5.74, 6) is 0.192. The van der Waals surface area contributed by atoms with Gasteiger partial charge in [0, 0.05) is 44.3 Å². The van der Waals surface area contributed by atoms with Crippen LogP contribution in [0.15, 0.2) is 24.5 Å². The Morgan fingerprint density at radius 3 is 3.00 bits per heavy atom. The van der Waals surface area contributed by atoms with E-state index in [9.17, 15) is 4.79 Å². The molecule has 98 valence electrons. The molecule has 3 N–H and O–H groups in total. The van der Waals surface area contributed by atoms with Gasteiger partial charge in [0.1, 0.15) is 0 Å². The summed E-state index contributed by atoms with van der Waals surface area (Å²) in [4.78, 5) is 18.2. The highest BCUT2D eigenvalue weighted by Gasteiger charge is 2.25. The molecule has 1 atom stereocenters. The molecule has 1 amide bonds. The van der Waals surface area contributed by atoms with E-state index in [1.807, 2.05) is 12.1 Å². The van der Waals surface area contributed by atoms with Gasteiger partial charge in [0.25, 0.3) is 0 Å². The van der Waals surface area contributed by atoms with Gasteiger partial charge in [-0.25, -0.2) is 0 Å². The van der Waals surface area contributed by atoms with Crippen LogP contribution in [0.2, 0.25) is 0 Å². The molecule has 5 heteroatoms. The van der Waals surface area contributed by atoms with Crippen molar-refractivity contribution in [3.05, 3.63) is 24.5 Å². The molecule has 1 fully saturated rings. The molecule has 1 aromatic rings. The molecule has 1 saturated heterocycles. The second-order valence-corrected chi connectivity index (χ2v) is 4.57. The van der Waals surface area contributed by atoms with Crippen LogP contribution in [0.3, 0.4) is 0 Å². The number of aromatic nitrogens is 1. The van der Waals surface area contributed by atoms with E-state index in [0.717, 1.165) is 31.6 Å². The van der Waals surface area contributed by atoms with Crippen molar-refractivity contribution < 1.29 is 4.79 Å². The number of nitrogens with zero attached hydrogens (tertiary/aromatic N) is 2. The first-order valence-electron chi connectivity index (χ1n) is 6.44. The van der Waals surface area contributed by atoms with Crippen molar-refractivity contribution in [1.82, 2.24) is 10.3 Å². The molecule has 1 aromatic heterocycles. The van der Waals surface area contributed by atoms with E-state index in [2.05, 4.69) is 15.2 Å². The summed E-state index contributed by atoms with van der Waals surface area (Å²) in [6.07, 6.45) is 5.57. The van der Waals surface area contributed by atoms with Crippen LogP contribution in [0.4, 0.5) is 5.69 Å². The molecule has 1 aliphatic rings. The number of carbonyl (C=O) groups is 1. The normalized spacial score (nSPS) is 19.6. The summed E-state index contributed by atoms with van der Waals surface area (Å²) in [6.45, 7) is 2.84. The van der Waals surface area contributed by atoms with Gasteiger partial charge in [-0.1, -0.05) is 0 Å². The maximum Gasteiger partial charge on any atom is 0.224 e. The van der Waals surface area contributed by atoms with Gasteiger partial charge in [0.2, 0.25) is 5.91 Å². The standard InChI is InChI=1S/C13H20N4O/c14-5-8-16-13(18)11-2-1-9-17(10-11)12-3-6-15-7-4-12/h3-4,6-7,11H,1-2,5,8-10,14H2,(H,16,18). The number of nitrogens with two attached hydrogens (primary N) is 1. The molecule has 2 rings (SSSR count). The number of hydrogen-bond acceptors (Lipinski definition) is 4. The van der Waals surface area contributed by atoms with Crippen molar-refractivity contribution in [2.75, 3.05) is 31.1 Å². The molecule has 0 bridgehead atoms. The van der Waals surface area contributed by atoms with Crippen LogP contribution in [0.5, 0.6) is 0 Å². The Hall–Kier alpha value is -1.62. The molecular formula is C13H20N4O. The fourth-order valence-electron chi connectivity index (χ4n) is 2.32. The quantitative estimate of drug-likeness (QED) is 0.807. The lowest BCUT2D eigenvalue weighted by Crippen LogP contribution is -2.44. The highest BCUT2D eigenvalue weighted by atomic mass is 16.1. The fourth-order valence-corrected chi connectivity index (χ4v) is 2.32. The van der Waals surface area contributed by atoms with Gasteiger partial charge in [0.15, 0.2) is 0 Å². The van der Waals surface area contributed by atoms with E-state index in [-0.39, 0.29) is 11.8 Å². The van der Waals surface area contributed by atoms with Crippen molar-refractivity contribution in [2.45, 2.75) is 12.8 Å². The SMILES string of the molecule is NCCNC(=O)C1CCCN(c2ccncc2)C1. The monoisotopic (exact) mass is 248 g/mol. The molecule has 1 unspecified atom stereocenters. The van der Waals surface area contributed by atoms with Gasteiger partial charge < -0.3 is 16.0 Å². The predicted molar refractivity (Wildman–Crippen MR) is 71.2 cm³/mol. The van der Waals surface area contributed by atoms with Crippen molar-refractivity contribution in [3.63, 3.8) is 0 Å². The molecule has 2 heterocycles. The molecule has 0 aliphatic carbocycles. The van der Waals surface area contributed by atoms with Crippen LogP contribution in [0.1, 0.15) is 12.8 Å². The number of anilines is 1. The number of amides is 1. The lowest BCUT2D eigenvalue weighted by Gasteiger charge is -2.33. The average Bonchev–Trinajstić information content (AvgIpc) is 2.46. The Morgan fingerprint density at radius 2 is 2.28 bits per heavy atom. The zero-order valence-electron chi connectivity index (χ0n) is 10.5. The number of carbonyl (C=O) groups excluding carboxylic acids is 1. The Kier molecular flexibility index (Phi) is 4.52. The van der Waals surface area contributed by atoms with Crippen LogP contribution in [0, 0.1) is 5.92 Å². The van der Waals surface area contributed by atoms with Crippen LogP contribution in [-0.2, 0) is 4.79 Å². The van der Waals surface area contributed by atoms with Crippen molar-refractivity contribution in [1.29, 1.82) is 0 Å². The predicted octanol–water partition coefficient (Wildman–Crippen LogP) is 0.373. The van der Waals surface area contributed by atoms with Gasteiger partial charge in [-0.15, -0.1) is 0 Å². The van der Waals surface area contributed by atoms with Gasteiger partial charge in [-0.3, -0.25) is 9.78 Å². The summed E-state index contributed by atoms with van der Waals surface area (Å²) >= 11 is 0. The number of nitrogens with one attached hydrogen (secondary N) is 1. The van der Waals surface area contributed by atoms with Crippen LogP contribution in [0.25, 0.3) is 0 Å². The maximum atomic E-state index is 11.9. The number of piperidine rings is 1. The zero-order chi connectivity index (χ0) is 12.8. The first-order valence-corrected chi connectivity index (χ1v) is 6.44. The summed E-state index contributed by atoms with van der Waals surface area (Å²) in [5.41, 5.74) is 6.53. The van der Waals surface area contributed by atoms with Crippen molar-refractivity contribution >= 4 is 11.6 Å². The molecule has 0 aromatic carbocycles. The second kappa shape index (κ2) is 6.35. The Bertz CT molecular complexity index is 382. The molecular weight excluding hydrogens is 228 g/mol. The molecule has 18 heavy (non-hydrogen) atoms. The summed E-state index contributed by atoms with van der Waals surface area (Å²) in [5, 5.41) is 2.87. The van der Waals surface area contributed by atoms with Gasteiger partial charge in [-0.2, -0.15) is 0 Å². The van der Waals surface area contributed by atoms with E-state index in [4.69, 9.17) is 5.73 Å². The molecule has 0 radical (unpaired) electrons. The minimum Gasteiger partial charge on any atom is -0.371 e. The topological polar surface area (TPSA) is 71.2 Å². The first-order chi connectivity index (χ1) is 8.81. The third kappa shape index (κ3) is 3.20. The maximum absolute atomic E-state index is 11.9. The van der Waals surface area contributed by atoms with E-state index in [1.54, 1.807) is 12.4 Å². The molecule has 1 aliphatic heterocycles. The lowest BCUT2D eigenvalue weighted by molar-refractivity contribution is -0.125. The zero-order valence-corrected chi connectivity index (χ0v) is 10.5. The lowest BCUT2D eigenvalue weighted by atomic mass is 9.96. The van der Waals surface area contributed by atoms with E-state index in [1.165, 1.54) is 0 Å². The minimum atomic E-state index is 0.0680. The molecule has 5 nitrogen and oxygen atoms in total. The average molecular weight is 248 g/mol. The van der Waals surface area contributed by atoms with Crippen LogP contribution >= 0.6 is 0 Å². The molecule has 0 saturated carbocycles. The number of hydrogen-bond donors (Lipinski definition) is 2. The van der Waals surface area contributed by atoms with Gasteiger partial charge in [-0.05, 0) is 25.0 Å². The Labute approximate surface area is 107 Å². The van der Waals surface area contributed by atoms with E-state index in [0.29, 0.717) is 13.1 Å². The van der Waals surface area contributed by atoms with Crippen molar-refractivity contribution in [2.24, 2.45) is 11.7 Å². The van der Waals surface area contributed by atoms with Gasteiger partial charge in [0.05, 0.1) is 5.92 Å². The fraction of sp³-hybridized carbons (Fsp3) is 0.538. The second-order valence-electron chi connectivity index (χ2n) is 4.57. The Balaban J connectivity index is 1.94. The van der Waals surface area contributed by atoms with Crippen LogP contribution < -0.4 is 16.0 Å². The van der Waals surface area contributed by atoms with Gasteiger partial charge >= 0.3 is 0 Å². The smallest absolute Gasteiger partial charge is 0.224 e.